The lowest BCUT2D eigenvalue weighted by atomic mass is 10.0. The molecule has 0 radical (unpaired) electrons. The quantitative estimate of drug-likeness (QED) is 0.795. The van der Waals surface area contributed by atoms with Crippen LogP contribution in [0.15, 0.2) is 0 Å². The van der Waals surface area contributed by atoms with Crippen molar-refractivity contribution < 1.29 is 13.5 Å². The summed E-state index contributed by atoms with van der Waals surface area (Å²) in [5, 5.41) is 10.0. The molecule has 1 fully saturated rings. The molecule has 2 atom stereocenters. The Morgan fingerprint density at radius 2 is 1.78 bits per heavy atom. The first-order chi connectivity index (χ1) is 8.30. The molecule has 0 spiro atoms. The van der Waals surface area contributed by atoms with Crippen LogP contribution in [-0.4, -0.2) is 54.7 Å². The minimum absolute atomic E-state index is 0.0770. The first-order valence-corrected chi connectivity index (χ1v) is 8.77. The normalized spacial score (nSPS) is 27.6. The molecule has 5 heteroatoms. The summed E-state index contributed by atoms with van der Waals surface area (Å²) in [5.74, 6) is 0.505. The molecule has 0 aromatic carbocycles. The van der Waals surface area contributed by atoms with Crippen molar-refractivity contribution in [1.29, 1.82) is 0 Å². The zero-order valence-corrected chi connectivity index (χ0v) is 12.8. The van der Waals surface area contributed by atoms with E-state index in [0.29, 0.717) is 12.0 Å². The van der Waals surface area contributed by atoms with E-state index < -0.39 is 15.9 Å². The van der Waals surface area contributed by atoms with Gasteiger partial charge in [0, 0.05) is 12.6 Å². The number of aliphatic hydroxyl groups excluding tert-OH is 1. The van der Waals surface area contributed by atoms with E-state index in [9.17, 15) is 13.5 Å². The van der Waals surface area contributed by atoms with E-state index in [1.165, 1.54) is 0 Å². The van der Waals surface area contributed by atoms with Gasteiger partial charge >= 0.3 is 0 Å². The van der Waals surface area contributed by atoms with Gasteiger partial charge in [-0.1, -0.05) is 27.7 Å². The van der Waals surface area contributed by atoms with Crippen molar-refractivity contribution in [3.8, 4) is 0 Å². The number of sulfone groups is 1. The molecule has 108 valence electrons. The molecule has 1 saturated heterocycles. The molecule has 1 heterocycles. The predicted molar refractivity (Wildman–Crippen MR) is 74.4 cm³/mol. The third kappa shape index (κ3) is 3.93. The van der Waals surface area contributed by atoms with Gasteiger partial charge in [0.1, 0.15) is 0 Å². The van der Waals surface area contributed by atoms with Crippen LogP contribution in [0.4, 0.5) is 0 Å². The van der Waals surface area contributed by atoms with Gasteiger partial charge in [-0.05, 0) is 18.8 Å². The molecule has 0 aromatic heterocycles. The maximum absolute atomic E-state index is 11.7. The average Bonchev–Trinajstić information content (AvgIpc) is 2.51. The largest absolute Gasteiger partial charge is 0.390 e. The molecule has 0 bridgehead atoms. The van der Waals surface area contributed by atoms with Crippen LogP contribution in [0, 0.1) is 5.92 Å². The van der Waals surface area contributed by atoms with Crippen LogP contribution in [0.2, 0.25) is 0 Å². The van der Waals surface area contributed by atoms with Crippen LogP contribution >= 0.6 is 0 Å². The predicted octanol–water partition coefficient (Wildman–Crippen LogP) is 1.29. The first-order valence-electron chi connectivity index (χ1n) is 6.94. The molecular formula is C13H27NO3S. The van der Waals surface area contributed by atoms with Crippen molar-refractivity contribution in [3.63, 3.8) is 0 Å². The average molecular weight is 277 g/mol. The number of aliphatic hydroxyl groups is 1. The highest BCUT2D eigenvalue weighted by Crippen LogP contribution is 2.24. The third-order valence-electron chi connectivity index (χ3n) is 3.71. The zero-order chi connectivity index (χ0) is 13.9. The maximum Gasteiger partial charge on any atom is 0.154 e. The maximum atomic E-state index is 11.7. The molecule has 0 amide bonds. The lowest BCUT2D eigenvalue weighted by Crippen LogP contribution is -2.50. The Hall–Kier alpha value is -0.130. The van der Waals surface area contributed by atoms with Crippen molar-refractivity contribution in [2.45, 2.75) is 58.7 Å². The van der Waals surface area contributed by atoms with Crippen molar-refractivity contribution in [1.82, 2.24) is 4.90 Å². The summed E-state index contributed by atoms with van der Waals surface area (Å²) in [6.45, 7) is 9.36. The summed E-state index contributed by atoms with van der Waals surface area (Å²) in [6, 6.07) is 0.141. The van der Waals surface area contributed by atoms with Crippen LogP contribution in [-0.2, 0) is 9.84 Å². The second kappa shape index (κ2) is 6.35. The second-order valence-electron chi connectivity index (χ2n) is 5.77. The van der Waals surface area contributed by atoms with Gasteiger partial charge in [0.15, 0.2) is 9.84 Å². The van der Waals surface area contributed by atoms with Crippen LogP contribution in [0.1, 0.15) is 40.5 Å². The fraction of sp³-hybridized carbons (Fsp3) is 1.00. The Morgan fingerprint density at radius 1 is 1.22 bits per heavy atom. The summed E-state index contributed by atoms with van der Waals surface area (Å²) in [4.78, 5) is 2.22. The molecule has 0 saturated carbocycles. The van der Waals surface area contributed by atoms with Gasteiger partial charge in [0.05, 0.1) is 23.7 Å². The minimum Gasteiger partial charge on any atom is -0.390 e. The number of hydrogen-bond acceptors (Lipinski definition) is 4. The summed E-state index contributed by atoms with van der Waals surface area (Å²) in [6.07, 6.45) is 1.26. The molecule has 0 aliphatic carbocycles. The molecular weight excluding hydrogens is 250 g/mol. The Bertz CT molecular complexity index is 349. The number of rotatable bonds is 6. The second-order valence-corrected chi connectivity index (χ2v) is 7.93. The monoisotopic (exact) mass is 277 g/mol. The Labute approximate surface area is 111 Å². The van der Waals surface area contributed by atoms with E-state index in [-0.39, 0.29) is 17.5 Å². The first kappa shape index (κ1) is 15.9. The summed E-state index contributed by atoms with van der Waals surface area (Å²) >= 11 is 0. The van der Waals surface area contributed by atoms with Gasteiger partial charge in [-0.3, -0.25) is 4.90 Å². The summed E-state index contributed by atoms with van der Waals surface area (Å²) < 4.78 is 23.3. The van der Waals surface area contributed by atoms with Gasteiger partial charge < -0.3 is 5.11 Å². The van der Waals surface area contributed by atoms with E-state index in [0.717, 1.165) is 19.4 Å². The molecule has 1 N–H and O–H groups in total. The van der Waals surface area contributed by atoms with Gasteiger partial charge in [0.25, 0.3) is 0 Å². The van der Waals surface area contributed by atoms with Crippen LogP contribution in [0.5, 0.6) is 0 Å². The van der Waals surface area contributed by atoms with Crippen molar-refractivity contribution >= 4 is 9.84 Å². The third-order valence-corrected chi connectivity index (χ3v) is 5.41. The van der Waals surface area contributed by atoms with Gasteiger partial charge in [-0.25, -0.2) is 8.42 Å². The highest BCUT2D eigenvalue weighted by molar-refractivity contribution is 7.91. The molecule has 4 nitrogen and oxygen atoms in total. The van der Waals surface area contributed by atoms with Gasteiger partial charge in [-0.2, -0.15) is 0 Å². The van der Waals surface area contributed by atoms with Crippen LogP contribution in [0.3, 0.4) is 0 Å². The molecule has 0 aromatic rings. The van der Waals surface area contributed by atoms with Crippen LogP contribution < -0.4 is 0 Å². The summed E-state index contributed by atoms with van der Waals surface area (Å²) in [5.41, 5.74) is 0. The highest BCUT2D eigenvalue weighted by Gasteiger charge is 2.41. The Kier molecular flexibility index (Phi) is 5.62. The standard InChI is InChI=1S/C13H27NO3S/c1-5-11(6-2)14(7-10(3)4)12-8-18(16,17)9-13(12)15/h10-13,15H,5-9H2,1-4H3. The van der Waals surface area contributed by atoms with E-state index in [1.54, 1.807) is 0 Å². The van der Waals surface area contributed by atoms with Crippen molar-refractivity contribution in [2.75, 3.05) is 18.1 Å². The smallest absolute Gasteiger partial charge is 0.154 e. The lowest BCUT2D eigenvalue weighted by Gasteiger charge is -2.37. The number of nitrogens with zero attached hydrogens (tertiary/aromatic N) is 1. The fourth-order valence-electron chi connectivity index (χ4n) is 2.86. The molecule has 1 rings (SSSR count). The van der Waals surface area contributed by atoms with E-state index in [1.807, 2.05) is 0 Å². The van der Waals surface area contributed by atoms with Gasteiger partial charge in [0.2, 0.25) is 0 Å². The Morgan fingerprint density at radius 3 is 2.11 bits per heavy atom. The highest BCUT2D eigenvalue weighted by atomic mass is 32.2. The Balaban J connectivity index is 2.89. The fourth-order valence-corrected chi connectivity index (χ4v) is 4.67. The minimum atomic E-state index is -3.07. The van der Waals surface area contributed by atoms with E-state index in [4.69, 9.17) is 0 Å². The van der Waals surface area contributed by atoms with Gasteiger partial charge in [-0.15, -0.1) is 0 Å². The molecule has 2 unspecified atom stereocenters. The number of hydrogen-bond donors (Lipinski definition) is 1. The van der Waals surface area contributed by atoms with E-state index >= 15 is 0 Å². The van der Waals surface area contributed by atoms with Crippen molar-refractivity contribution in [3.05, 3.63) is 0 Å². The topological polar surface area (TPSA) is 57.6 Å². The molecule has 1 aliphatic rings. The zero-order valence-electron chi connectivity index (χ0n) is 12.0. The lowest BCUT2D eigenvalue weighted by molar-refractivity contribution is 0.0424. The molecule has 18 heavy (non-hydrogen) atoms. The molecule has 1 aliphatic heterocycles. The van der Waals surface area contributed by atoms with Crippen molar-refractivity contribution in [2.24, 2.45) is 5.92 Å². The summed E-state index contributed by atoms with van der Waals surface area (Å²) in [7, 11) is -3.07. The SMILES string of the molecule is CCC(CC)N(CC(C)C)C1CS(=O)(=O)CC1O. The van der Waals surface area contributed by atoms with Crippen LogP contribution in [0.25, 0.3) is 0 Å². The van der Waals surface area contributed by atoms with E-state index in [2.05, 4.69) is 32.6 Å².